The molecule has 1 aliphatic heterocycles. The summed E-state index contributed by atoms with van der Waals surface area (Å²) in [5.74, 6) is 1.54. The predicted octanol–water partition coefficient (Wildman–Crippen LogP) is 4.10. The van der Waals surface area contributed by atoms with Crippen molar-refractivity contribution in [1.29, 1.82) is 0 Å². The lowest BCUT2D eigenvalue weighted by Crippen LogP contribution is -2.35. The van der Waals surface area contributed by atoms with Gasteiger partial charge < -0.3 is 10.6 Å². The third-order valence-electron chi connectivity index (χ3n) is 3.81. The summed E-state index contributed by atoms with van der Waals surface area (Å²) < 4.78 is 0. The largest absolute Gasteiger partial charge is 0.394 e. The number of piperidine rings is 1. The van der Waals surface area contributed by atoms with Crippen molar-refractivity contribution in [2.45, 2.75) is 29.7 Å². The van der Waals surface area contributed by atoms with Crippen molar-refractivity contribution in [2.75, 3.05) is 23.7 Å². The van der Waals surface area contributed by atoms with E-state index < -0.39 is 0 Å². The fraction of sp³-hybridized carbons (Fsp3) is 0.375. The van der Waals surface area contributed by atoms with Gasteiger partial charge in [-0.1, -0.05) is 30.3 Å². The summed E-state index contributed by atoms with van der Waals surface area (Å²) in [5.41, 5.74) is 6.99. The van der Waals surface area contributed by atoms with Gasteiger partial charge in [-0.05, 0) is 43.0 Å². The van der Waals surface area contributed by atoms with Gasteiger partial charge in [-0.25, -0.2) is 9.97 Å². The lowest BCUT2D eigenvalue weighted by molar-refractivity contribution is 0.444. The van der Waals surface area contributed by atoms with Crippen LogP contribution in [0.2, 0.25) is 5.02 Å². The molecule has 1 aromatic heterocycles. The molecule has 0 saturated carbocycles. The number of hydrogen-bond acceptors (Lipinski definition) is 5. The van der Waals surface area contributed by atoms with Gasteiger partial charge in [0.05, 0.1) is 0 Å². The SMILES string of the molecule is CC1CCCN(c2ncnc(Sc3ccc(Cl)cc3)c2N)C1. The number of rotatable bonds is 3. The molecule has 1 saturated heterocycles. The van der Waals surface area contributed by atoms with Gasteiger partial charge in [0, 0.05) is 23.0 Å². The summed E-state index contributed by atoms with van der Waals surface area (Å²) in [5, 5.41) is 1.52. The first-order valence-corrected chi connectivity index (χ1v) is 8.62. The van der Waals surface area contributed by atoms with Crippen LogP contribution in [0.4, 0.5) is 11.5 Å². The minimum Gasteiger partial charge on any atom is -0.394 e. The summed E-state index contributed by atoms with van der Waals surface area (Å²) in [6.45, 7) is 4.29. The zero-order valence-corrected chi connectivity index (χ0v) is 14.1. The Labute approximate surface area is 140 Å². The van der Waals surface area contributed by atoms with E-state index in [4.69, 9.17) is 17.3 Å². The van der Waals surface area contributed by atoms with Gasteiger partial charge in [0.15, 0.2) is 5.82 Å². The van der Waals surface area contributed by atoms with E-state index in [1.165, 1.54) is 12.8 Å². The summed E-state index contributed by atoms with van der Waals surface area (Å²) in [7, 11) is 0. The molecular formula is C16H19ClN4S. The molecule has 1 fully saturated rings. The number of nitrogens with two attached hydrogens (primary N) is 1. The molecule has 116 valence electrons. The second-order valence-corrected chi connectivity index (χ2v) is 7.16. The summed E-state index contributed by atoms with van der Waals surface area (Å²) in [6, 6.07) is 7.68. The molecule has 22 heavy (non-hydrogen) atoms. The van der Waals surface area contributed by atoms with E-state index in [1.807, 2.05) is 24.3 Å². The highest BCUT2D eigenvalue weighted by Crippen LogP contribution is 2.35. The molecule has 0 aliphatic carbocycles. The third-order valence-corrected chi connectivity index (χ3v) is 5.09. The molecular weight excluding hydrogens is 316 g/mol. The lowest BCUT2D eigenvalue weighted by atomic mass is 10.0. The van der Waals surface area contributed by atoms with E-state index in [1.54, 1.807) is 18.1 Å². The van der Waals surface area contributed by atoms with Gasteiger partial charge in [-0.3, -0.25) is 0 Å². The predicted molar refractivity (Wildman–Crippen MR) is 92.6 cm³/mol. The first-order chi connectivity index (χ1) is 10.6. The van der Waals surface area contributed by atoms with Gasteiger partial charge in [-0.15, -0.1) is 0 Å². The Hall–Kier alpha value is -1.46. The topological polar surface area (TPSA) is 55.0 Å². The lowest BCUT2D eigenvalue weighted by Gasteiger charge is -2.32. The molecule has 6 heteroatoms. The van der Waals surface area contributed by atoms with Gasteiger partial charge >= 0.3 is 0 Å². The van der Waals surface area contributed by atoms with Crippen molar-refractivity contribution < 1.29 is 0 Å². The van der Waals surface area contributed by atoms with Crippen molar-refractivity contribution >= 4 is 34.9 Å². The normalized spacial score (nSPS) is 18.5. The van der Waals surface area contributed by atoms with E-state index in [-0.39, 0.29) is 0 Å². The summed E-state index contributed by atoms with van der Waals surface area (Å²) in [4.78, 5) is 12.1. The van der Waals surface area contributed by atoms with Crippen LogP contribution in [0.5, 0.6) is 0 Å². The fourth-order valence-electron chi connectivity index (χ4n) is 2.70. The van der Waals surface area contributed by atoms with Crippen molar-refractivity contribution in [2.24, 2.45) is 5.92 Å². The van der Waals surface area contributed by atoms with Crippen LogP contribution in [0.1, 0.15) is 19.8 Å². The number of aromatic nitrogens is 2. The van der Waals surface area contributed by atoms with Crippen molar-refractivity contribution in [1.82, 2.24) is 9.97 Å². The molecule has 0 radical (unpaired) electrons. The molecule has 1 unspecified atom stereocenters. The van der Waals surface area contributed by atoms with Crippen LogP contribution in [0.25, 0.3) is 0 Å². The number of benzene rings is 1. The highest BCUT2D eigenvalue weighted by atomic mass is 35.5. The van der Waals surface area contributed by atoms with Gasteiger partial charge in [-0.2, -0.15) is 0 Å². The monoisotopic (exact) mass is 334 g/mol. The van der Waals surface area contributed by atoms with E-state index in [0.29, 0.717) is 11.6 Å². The van der Waals surface area contributed by atoms with Crippen LogP contribution < -0.4 is 10.6 Å². The molecule has 1 aromatic carbocycles. The second kappa shape index (κ2) is 6.75. The molecule has 0 bridgehead atoms. The third kappa shape index (κ3) is 3.47. The van der Waals surface area contributed by atoms with Crippen molar-refractivity contribution in [3.05, 3.63) is 35.6 Å². The van der Waals surface area contributed by atoms with E-state index in [0.717, 1.165) is 33.9 Å². The molecule has 2 heterocycles. The standard InChI is InChI=1S/C16H19ClN4S/c1-11-3-2-8-21(9-11)15-14(18)16(20-10-19-15)22-13-6-4-12(17)5-7-13/h4-7,10-11H,2-3,8-9,18H2,1H3. The Kier molecular flexibility index (Phi) is 4.74. The van der Waals surface area contributed by atoms with E-state index >= 15 is 0 Å². The highest BCUT2D eigenvalue weighted by Gasteiger charge is 2.21. The molecule has 1 atom stereocenters. The quantitative estimate of drug-likeness (QED) is 0.856. The van der Waals surface area contributed by atoms with Gasteiger partial charge in [0.2, 0.25) is 0 Å². The molecule has 3 rings (SSSR count). The number of nitrogens with zero attached hydrogens (tertiary/aromatic N) is 3. The number of halogens is 1. The summed E-state index contributed by atoms with van der Waals surface area (Å²) in [6.07, 6.45) is 4.06. The number of hydrogen-bond donors (Lipinski definition) is 1. The van der Waals surface area contributed by atoms with E-state index in [9.17, 15) is 0 Å². The molecule has 4 nitrogen and oxygen atoms in total. The molecule has 2 N–H and O–H groups in total. The average molecular weight is 335 g/mol. The Morgan fingerprint density at radius 3 is 2.77 bits per heavy atom. The molecule has 1 aliphatic rings. The molecule has 0 amide bonds. The second-order valence-electron chi connectivity index (χ2n) is 5.67. The van der Waals surface area contributed by atoms with Gasteiger partial charge in [0.1, 0.15) is 17.0 Å². The van der Waals surface area contributed by atoms with Gasteiger partial charge in [0.25, 0.3) is 0 Å². The maximum atomic E-state index is 6.32. The highest BCUT2D eigenvalue weighted by molar-refractivity contribution is 7.99. The molecule has 0 spiro atoms. The maximum absolute atomic E-state index is 6.32. The number of nitrogen functional groups attached to an aromatic ring is 1. The first kappa shape index (κ1) is 15.4. The van der Waals surface area contributed by atoms with Crippen molar-refractivity contribution in [3.63, 3.8) is 0 Å². The van der Waals surface area contributed by atoms with Crippen molar-refractivity contribution in [3.8, 4) is 0 Å². The zero-order valence-electron chi connectivity index (χ0n) is 12.5. The minimum absolute atomic E-state index is 0.663. The van der Waals surface area contributed by atoms with Crippen LogP contribution in [0, 0.1) is 5.92 Å². The fourth-order valence-corrected chi connectivity index (χ4v) is 3.62. The number of anilines is 2. The zero-order chi connectivity index (χ0) is 15.5. The Bertz CT molecular complexity index is 647. The molecule has 2 aromatic rings. The van der Waals surface area contributed by atoms with Crippen LogP contribution in [-0.2, 0) is 0 Å². The first-order valence-electron chi connectivity index (χ1n) is 7.42. The van der Waals surface area contributed by atoms with Crippen LogP contribution in [0.15, 0.2) is 40.5 Å². The average Bonchev–Trinajstić information content (AvgIpc) is 2.51. The Morgan fingerprint density at radius 1 is 1.27 bits per heavy atom. The smallest absolute Gasteiger partial charge is 0.156 e. The summed E-state index contributed by atoms with van der Waals surface area (Å²) >= 11 is 7.46. The Morgan fingerprint density at radius 2 is 2.05 bits per heavy atom. The van der Waals surface area contributed by atoms with Crippen LogP contribution in [-0.4, -0.2) is 23.1 Å². The maximum Gasteiger partial charge on any atom is 0.156 e. The van der Waals surface area contributed by atoms with Crippen LogP contribution in [0.3, 0.4) is 0 Å². The van der Waals surface area contributed by atoms with E-state index in [2.05, 4.69) is 21.8 Å². The Balaban J connectivity index is 1.83. The minimum atomic E-state index is 0.663. The van der Waals surface area contributed by atoms with Crippen LogP contribution >= 0.6 is 23.4 Å².